The number of ether oxygens (including phenoxy) is 1. The van der Waals surface area contributed by atoms with Crippen LogP contribution >= 0.6 is 11.8 Å². The molecule has 5 N–H and O–H groups in total. The zero-order valence-electron chi connectivity index (χ0n) is 11.4. The molecule has 10 heteroatoms. The third-order valence-corrected chi connectivity index (χ3v) is 4.07. The number of nitrogen functional groups attached to an aromatic ring is 1. The maximum atomic E-state index is 10.1. The molecule has 3 rings (SSSR count). The monoisotopic (exact) mass is 325 g/mol. The summed E-state index contributed by atoms with van der Waals surface area (Å²) in [6, 6.07) is 0. The molecule has 3 heterocycles. The molecule has 118 valence electrons. The van der Waals surface area contributed by atoms with Crippen LogP contribution in [0.25, 0.3) is 11.2 Å². The van der Waals surface area contributed by atoms with E-state index in [1.807, 2.05) is 0 Å². The van der Waals surface area contributed by atoms with Crippen LogP contribution in [0.2, 0.25) is 0 Å². The van der Waals surface area contributed by atoms with Gasteiger partial charge in [-0.3, -0.25) is 4.57 Å². The fraction of sp³-hybridized carbons (Fsp3) is 0.417. The molecule has 0 spiro atoms. The van der Waals surface area contributed by atoms with Crippen molar-refractivity contribution in [1.82, 2.24) is 19.5 Å². The number of hydrogen-bond donors (Lipinski definition) is 4. The molecular formula is C12H15N5O4S. The van der Waals surface area contributed by atoms with Gasteiger partial charge < -0.3 is 25.8 Å². The number of fused-ring (bicyclic) bond motifs is 1. The molecule has 9 nitrogen and oxygen atoms in total. The Bertz CT molecular complexity index is 708. The van der Waals surface area contributed by atoms with Gasteiger partial charge in [-0.2, -0.15) is 4.98 Å². The lowest BCUT2D eigenvalue weighted by molar-refractivity contribution is -0.0511. The molecule has 0 radical (unpaired) electrons. The van der Waals surface area contributed by atoms with E-state index in [1.165, 1.54) is 22.7 Å². The average molecular weight is 325 g/mol. The van der Waals surface area contributed by atoms with E-state index in [1.54, 1.807) is 5.41 Å². The summed E-state index contributed by atoms with van der Waals surface area (Å²) in [4.78, 5) is 12.4. The SMILES string of the molecule is C=CSc1nc(N)nc2c1ncn2[C@@H]1O[C@H](CO)[C@@H](O)[C@H]1O. The standard InChI is InChI=1S/C12H15N5O4S/c1-2-22-10-6-9(15-12(13)16-10)17(4-14-6)11-8(20)7(19)5(3-18)21-11/h2,4-5,7-8,11,18-20H,1,3H2,(H2,13,15,16)/t5-,7-,8-,11-/m1/s1. The molecule has 2 aromatic rings. The molecule has 0 aliphatic carbocycles. The molecule has 1 aliphatic rings. The molecule has 0 amide bonds. The molecule has 2 aromatic heterocycles. The van der Waals surface area contributed by atoms with Crippen LogP contribution in [-0.2, 0) is 4.74 Å². The maximum Gasteiger partial charge on any atom is 0.223 e. The summed E-state index contributed by atoms with van der Waals surface area (Å²) < 4.78 is 6.93. The van der Waals surface area contributed by atoms with Crippen molar-refractivity contribution in [3.05, 3.63) is 18.3 Å². The average Bonchev–Trinajstić information content (AvgIpc) is 3.02. The predicted molar refractivity (Wildman–Crippen MR) is 78.8 cm³/mol. The molecular weight excluding hydrogens is 310 g/mol. The van der Waals surface area contributed by atoms with Crippen LogP contribution in [-0.4, -0.2) is 59.8 Å². The van der Waals surface area contributed by atoms with Crippen LogP contribution in [0.15, 0.2) is 23.3 Å². The number of nitrogens with two attached hydrogens (primary N) is 1. The van der Waals surface area contributed by atoms with Crippen LogP contribution in [0, 0.1) is 0 Å². The van der Waals surface area contributed by atoms with Crippen LogP contribution in [0.5, 0.6) is 0 Å². The normalized spacial score (nSPS) is 28.3. The van der Waals surface area contributed by atoms with Crippen molar-refractivity contribution in [3.63, 3.8) is 0 Å². The number of hydrogen-bond acceptors (Lipinski definition) is 9. The van der Waals surface area contributed by atoms with Crippen LogP contribution in [0.3, 0.4) is 0 Å². The molecule has 0 saturated carbocycles. The Kier molecular flexibility index (Phi) is 4.02. The molecule has 1 saturated heterocycles. The number of aromatic nitrogens is 4. The summed E-state index contributed by atoms with van der Waals surface area (Å²) >= 11 is 1.25. The van der Waals surface area contributed by atoms with E-state index < -0.39 is 31.1 Å². The molecule has 0 unspecified atom stereocenters. The summed E-state index contributed by atoms with van der Waals surface area (Å²) in [5, 5.41) is 31.2. The third kappa shape index (κ3) is 2.34. The summed E-state index contributed by atoms with van der Waals surface area (Å²) in [5.74, 6) is 0.0466. The Morgan fingerprint density at radius 1 is 1.41 bits per heavy atom. The highest BCUT2D eigenvalue weighted by Gasteiger charge is 2.44. The molecule has 0 bridgehead atoms. The Balaban J connectivity index is 2.07. The first kappa shape index (κ1) is 15.2. The number of anilines is 1. The van der Waals surface area contributed by atoms with E-state index in [0.717, 1.165) is 0 Å². The van der Waals surface area contributed by atoms with Gasteiger partial charge in [0.15, 0.2) is 11.9 Å². The van der Waals surface area contributed by atoms with Crippen molar-refractivity contribution in [2.24, 2.45) is 0 Å². The van der Waals surface area contributed by atoms with Crippen molar-refractivity contribution in [1.29, 1.82) is 0 Å². The summed E-state index contributed by atoms with van der Waals surface area (Å²) in [6.07, 6.45) is -2.80. The quantitative estimate of drug-likeness (QED) is 0.422. The maximum absolute atomic E-state index is 10.1. The van der Waals surface area contributed by atoms with Gasteiger partial charge in [0.1, 0.15) is 28.9 Å². The molecule has 1 fully saturated rings. The van der Waals surface area contributed by atoms with Gasteiger partial charge in [0.25, 0.3) is 0 Å². The third-order valence-electron chi connectivity index (χ3n) is 3.39. The Labute approximate surface area is 129 Å². The van der Waals surface area contributed by atoms with Gasteiger partial charge in [0.05, 0.1) is 12.9 Å². The minimum Gasteiger partial charge on any atom is -0.394 e. The largest absolute Gasteiger partial charge is 0.394 e. The number of rotatable bonds is 4. The van der Waals surface area contributed by atoms with Gasteiger partial charge in [0, 0.05) is 0 Å². The number of imidazole rings is 1. The van der Waals surface area contributed by atoms with Crippen molar-refractivity contribution < 1.29 is 20.1 Å². The Morgan fingerprint density at radius 2 is 2.18 bits per heavy atom. The van der Waals surface area contributed by atoms with E-state index in [4.69, 9.17) is 15.6 Å². The van der Waals surface area contributed by atoms with Gasteiger partial charge in [-0.05, 0) is 5.41 Å². The van der Waals surface area contributed by atoms with E-state index in [-0.39, 0.29) is 5.95 Å². The van der Waals surface area contributed by atoms with E-state index in [9.17, 15) is 10.2 Å². The Morgan fingerprint density at radius 3 is 2.82 bits per heavy atom. The molecule has 22 heavy (non-hydrogen) atoms. The first-order valence-corrected chi connectivity index (χ1v) is 7.34. The second-order valence-corrected chi connectivity index (χ2v) is 5.68. The topological polar surface area (TPSA) is 140 Å². The molecule has 4 atom stereocenters. The van der Waals surface area contributed by atoms with Gasteiger partial charge in [-0.25, -0.2) is 9.97 Å². The lowest BCUT2D eigenvalue weighted by atomic mass is 10.1. The number of thioether (sulfide) groups is 1. The first-order valence-electron chi connectivity index (χ1n) is 6.47. The van der Waals surface area contributed by atoms with E-state index in [0.29, 0.717) is 16.2 Å². The smallest absolute Gasteiger partial charge is 0.223 e. The molecule has 1 aliphatic heterocycles. The lowest BCUT2D eigenvalue weighted by Gasteiger charge is -2.16. The zero-order chi connectivity index (χ0) is 15.9. The fourth-order valence-electron chi connectivity index (χ4n) is 2.36. The number of nitrogens with zero attached hydrogens (tertiary/aromatic N) is 4. The summed E-state index contributed by atoms with van der Waals surface area (Å²) in [5.41, 5.74) is 6.54. The highest BCUT2D eigenvalue weighted by Crippen LogP contribution is 2.33. The van der Waals surface area contributed by atoms with Crippen molar-refractivity contribution in [3.8, 4) is 0 Å². The van der Waals surface area contributed by atoms with Gasteiger partial charge >= 0.3 is 0 Å². The number of aliphatic hydroxyl groups excluding tert-OH is 3. The predicted octanol–water partition coefficient (Wildman–Crippen LogP) is -0.744. The van der Waals surface area contributed by atoms with Crippen LogP contribution < -0.4 is 5.73 Å². The van der Waals surface area contributed by atoms with Crippen LogP contribution in [0.4, 0.5) is 5.95 Å². The highest BCUT2D eigenvalue weighted by molar-refractivity contribution is 8.02. The highest BCUT2D eigenvalue weighted by atomic mass is 32.2. The van der Waals surface area contributed by atoms with Gasteiger partial charge in [-0.1, -0.05) is 18.3 Å². The van der Waals surface area contributed by atoms with Gasteiger partial charge in [-0.15, -0.1) is 0 Å². The fourth-order valence-corrected chi connectivity index (χ4v) is 2.92. The summed E-state index contributed by atoms with van der Waals surface area (Å²) in [6.45, 7) is 3.21. The van der Waals surface area contributed by atoms with Gasteiger partial charge in [0.2, 0.25) is 5.95 Å². The van der Waals surface area contributed by atoms with Crippen molar-refractivity contribution >= 4 is 28.9 Å². The van der Waals surface area contributed by atoms with Crippen molar-refractivity contribution in [2.75, 3.05) is 12.3 Å². The first-order chi connectivity index (χ1) is 10.6. The minimum atomic E-state index is -1.22. The lowest BCUT2D eigenvalue weighted by Crippen LogP contribution is -2.33. The zero-order valence-corrected chi connectivity index (χ0v) is 12.2. The summed E-state index contributed by atoms with van der Waals surface area (Å²) in [7, 11) is 0. The van der Waals surface area contributed by atoms with Crippen molar-refractivity contribution in [2.45, 2.75) is 29.6 Å². The van der Waals surface area contributed by atoms with E-state index >= 15 is 0 Å². The minimum absolute atomic E-state index is 0.0466. The number of aliphatic hydroxyl groups is 3. The van der Waals surface area contributed by atoms with E-state index in [2.05, 4.69) is 21.5 Å². The molecule has 0 aromatic carbocycles. The Hall–Kier alpha value is -1.72. The van der Waals surface area contributed by atoms with Crippen LogP contribution in [0.1, 0.15) is 6.23 Å². The second-order valence-electron chi connectivity index (χ2n) is 4.72. The second kappa shape index (κ2) is 5.82.